The van der Waals surface area contributed by atoms with E-state index in [9.17, 15) is 4.79 Å². The van der Waals surface area contributed by atoms with Crippen molar-refractivity contribution in [3.8, 4) is 0 Å². The van der Waals surface area contributed by atoms with Gasteiger partial charge in [0.2, 0.25) is 0 Å². The minimum absolute atomic E-state index is 0.0782. The Bertz CT molecular complexity index is 411. The number of nitrogens with one attached hydrogen (secondary N) is 2. The van der Waals surface area contributed by atoms with Crippen LogP contribution in [0.1, 0.15) is 36.0 Å². The molecule has 0 heterocycles. The van der Waals surface area contributed by atoms with Crippen molar-refractivity contribution in [2.45, 2.75) is 31.7 Å². The first-order chi connectivity index (χ1) is 8.20. The molecular weight excluding hydrogens is 214 g/mol. The van der Waals surface area contributed by atoms with Gasteiger partial charge in [-0.3, -0.25) is 4.79 Å². The molecule has 0 aliphatic heterocycles. The van der Waals surface area contributed by atoms with Gasteiger partial charge in [-0.25, -0.2) is 0 Å². The fraction of sp³-hybridized carbons (Fsp3) is 0.462. The van der Waals surface area contributed by atoms with Crippen LogP contribution >= 0.6 is 0 Å². The van der Waals surface area contributed by atoms with E-state index in [2.05, 4.69) is 10.6 Å². The van der Waals surface area contributed by atoms with Crippen LogP contribution in [0.3, 0.4) is 0 Å². The number of rotatable bonds is 3. The summed E-state index contributed by atoms with van der Waals surface area (Å²) in [7, 11) is 1.64. The van der Waals surface area contributed by atoms with Crippen LogP contribution in [-0.2, 0) is 0 Å². The van der Waals surface area contributed by atoms with Gasteiger partial charge in [-0.2, -0.15) is 0 Å². The summed E-state index contributed by atoms with van der Waals surface area (Å²) in [6.07, 6.45) is 4.86. The average molecular weight is 233 g/mol. The third-order valence-electron chi connectivity index (χ3n) is 3.23. The number of hydrogen-bond donors (Lipinski definition) is 3. The highest BCUT2D eigenvalue weighted by molar-refractivity contribution is 6.00. The van der Waals surface area contributed by atoms with Crippen LogP contribution in [0.25, 0.3) is 0 Å². The molecule has 0 unspecified atom stereocenters. The molecule has 0 spiro atoms. The molecular formula is C13H19N3O. The predicted molar refractivity (Wildman–Crippen MR) is 70.1 cm³/mol. The number of nitrogen functional groups attached to an aromatic ring is 1. The number of amides is 1. The molecule has 2 rings (SSSR count). The number of hydrogen-bond acceptors (Lipinski definition) is 3. The van der Waals surface area contributed by atoms with E-state index in [0.717, 1.165) is 5.69 Å². The summed E-state index contributed by atoms with van der Waals surface area (Å²) in [5.74, 6) is -0.0782. The largest absolute Gasteiger partial charge is 0.399 e. The summed E-state index contributed by atoms with van der Waals surface area (Å²) in [6.45, 7) is 0. The van der Waals surface area contributed by atoms with E-state index in [1.807, 2.05) is 6.07 Å². The number of carbonyl (C=O) groups excluding carboxylic acids is 1. The molecule has 1 aliphatic rings. The number of carbonyl (C=O) groups is 1. The molecule has 1 saturated carbocycles. The van der Waals surface area contributed by atoms with Crippen molar-refractivity contribution in [1.29, 1.82) is 0 Å². The highest BCUT2D eigenvalue weighted by Gasteiger charge is 2.17. The Morgan fingerprint density at radius 3 is 2.71 bits per heavy atom. The molecule has 4 N–H and O–H groups in total. The topological polar surface area (TPSA) is 67.2 Å². The average Bonchev–Trinajstić information content (AvgIpc) is 2.81. The van der Waals surface area contributed by atoms with Gasteiger partial charge in [-0.05, 0) is 31.0 Å². The van der Waals surface area contributed by atoms with E-state index in [4.69, 9.17) is 5.73 Å². The second-order valence-corrected chi connectivity index (χ2v) is 4.51. The van der Waals surface area contributed by atoms with Gasteiger partial charge in [-0.1, -0.05) is 12.8 Å². The second-order valence-electron chi connectivity index (χ2n) is 4.51. The van der Waals surface area contributed by atoms with E-state index in [1.165, 1.54) is 25.7 Å². The number of benzene rings is 1. The second kappa shape index (κ2) is 5.08. The minimum Gasteiger partial charge on any atom is -0.399 e. The van der Waals surface area contributed by atoms with Gasteiger partial charge < -0.3 is 16.4 Å². The first kappa shape index (κ1) is 11.8. The van der Waals surface area contributed by atoms with Crippen LogP contribution in [0.15, 0.2) is 18.2 Å². The van der Waals surface area contributed by atoms with Crippen molar-refractivity contribution < 1.29 is 4.79 Å². The summed E-state index contributed by atoms with van der Waals surface area (Å²) >= 11 is 0. The zero-order chi connectivity index (χ0) is 12.3. The molecule has 1 aliphatic carbocycles. The molecule has 0 saturated heterocycles. The van der Waals surface area contributed by atoms with E-state index < -0.39 is 0 Å². The van der Waals surface area contributed by atoms with Crippen LogP contribution in [0.5, 0.6) is 0 Å². The lowest BCUT2D eigenvalue weighted by molar-refractivity contribution is 0.0964. The van der Waals surface area contributed by atoms with Crippen molar-refractivity contribution in [3.63, 3.8) is 0 Å². The SMILES string of the molecule is CNC(=O)c1ccc(N)cc1NC1CCCC1. The van der Waals surface area contributed by atoms with Crippen LogP contribution in [0.4, 0.5) is 11.4 Å². The monoisotopic (exact) mass is 233 g/mol. The normalized spacial score (nSPS) is 15.8. The molecule has 1 amide bonds. The van der Waals surface area contributed by atoms with Crippen molar-refractivity contribution in [2.24, 2.45) is 0 Å². The molecule has 0 atom stereocenters. The fourth-order valence-electron chi connectivity index (χ4n) is 2.30. The lowest BCUT2D eigenvalue weighted by Gasteiger charge is -2.17. The van der Waals surface area contributed by atoms with E-state index in [1.54, 1.807) is 19.2 Å². The summed E-state index contributed by atoms with van der Waals surface area (Å²) < 4.78 is 0. The molecule has 1 aromatic carbocycles. The summed E-state index contributed by atoms with van der Waals surface area (Å²) in [4.78, 5) is 11.7. The van der Waals surface area contributed by atoms with E-state index in [0.29, 0.717) is 17.3 Å². The lowest BCUT2D eigenvalue weighted by atomic mass is 10.1. The highest BCUT2D eigenvalue weighted by Crippen LogP contribution is 2.26. The smallest absolute Gasteiger partial charge is 0.253 e. The van der Waals surface area contributed by atoms with E-state index >= 15 is 0 Å². The molecule has 4 heteroatoms. The Balaban J connectivity index is 2.22. The molecule has 17 heavy (non-hydrogen) atoms. The maximum atomic E-state index is 11.7. The number of anilines is 2. The fourth-order valence-corrected chi connectivity index (χ4v) is 2.30. The first-order valence-electron chi connectivity index (χ1n) is 6.09. The van der Waals surface area contributed by atoms with E-state index in [-0.39, 0.29) is 5.91 Å². The molecule has 0 radical (unpaired) electrons. The van der Waals surface area contributed by atoms with Gasteiger partial charge >= 0.3 is 0 Å². The van der Waals surface area contributed by atoms with Gasteiger partial charge in [0.25, 0.3) is 5.91 Å². The molecule has 4 nitrogen and oxygen atoms in total. The van der Waals surface area contributed by atoms with Crippen LogP contribution < -0.4 is 16.4 Å². The van der Waals surface area contributed by atoms with Crippen molar-refractivity contribution >= 4 is 17.3 Å². The molecule has 1 fully saturated rings. The zero-order valence-electron chi connectivity index (χ0n) is 10.1. The molecule has 0 bridgehead atoms. The standard InChI is InChI=1S/C13H19N3O/c1-15-13(17)11-7-6-9(14)8-12(11)16-10-4-2-3-5-10/h6-8,10,16H,2-5,14H2,1H3,(H,15,17). The lowest BCUT2D eigenvalue weighted by Crippen LogP contribution is -2.22. The number of nitrogens with two attached hydrogens (primary N) is 1. The quantitative estimate of drug-likeness (QED) is 0.699. The first-order valence-corrected chi connectivity index (χ1v) is 6.09. The van der Waals surface area contributed by atoms with Crippen molar-refractivity contribution in [1.82, 2.24) is 5.32 Å². The predicted octanol–water partition coefficient (Wildman–Crippen LogP) is 1.98. The Morgan fingerprint density at radius 1 is 1.35 bits per heavy atom. The Labute approximate surface area is 102 Å². The minimum atomic E-state index is -0.0782. The zero-order valence-corrected chi connectivity index (χ0v) is 10.1. The van der Waals surface area contributed by atoms with Gasteiger partial charge in [-0.15, -0.1) is 0 Å². The van der Waals surface area contributed by atoms with Crippen molar-refractivity contribution in [2.75, 3.05) is 18.1 Å². The summed E-state index contributed by atoms with van der Waals surface area (Å²) in [6, 6.07) is 5.83. The highest BCUT2D eigenvalue weighted by atomic mass is 16.1. The summed E-state index contributed by atoms with van der Waals surface area (Å²) in [5.41, 5.74) is 7.95. The molecule has 1 aromatic rings. The maximum absolute atomic E-state index is 11.7. The Morgan fingerprint density at radius 2 is 2.06 bits per heavy atom. The molecule has 0 aromatic heterocycles. The Kier molecular flexibility index (Phi) is 3.52. The van der Waals surface area contributed by atoms with Gasteiger partial charge in [0, 0.05) is 24.5 Å². The summed E-state index contributed by atoms with van der Waals surface area (Å²) in [5, 5.41) is 6.07. The van der Waals surface area contributed by atoms with Crippen LogP contribution in [0, 0.1) is 0 Å². The van der Waals surface area contributed by atoms with Gasteiger partial charge in [0.15, 0.2) is 0 Å². The third kappa shape index (κ3) is 2.70. The van der Waals surface area contributed by atoms with Gasteiger partial charge in [0.05, 0.1) is 5.56 Å². The van der Waals surface area contributed by atoms with Crippen LogP contribution in [0.2, 0.25) is 0 Å². The van der Waals surface area contributed by atoms with Crippen LogP contribution in [-0.4, -0.2) is 19.0 Å². The molecule has 92 valence electrons. The third-order valence-corrected chi connectivity index (χ3v) is 3.23. The van der Waals surface area contributed by atoms with Gasteiger partial charge in [0.1, 0.15) is 0 Å². The maximum Gasteiger partial charge on any atom is 0.253 e. The van der Waals surface area contributed by atoms with Crippen molar-refractivity contribution in [3.05, 3.63) is 23.8 Å². The Hall–Kier alpha value is -1.71.